The predicted octanol–water partition coefficient (Wildman–Crippen LogP) is 2.24. The molecule has 2 aromatic rings. The smallest absolute Gasteiger partial charge is 0.224 e. The Balaban J connectivity index is 1.42. The van der Waals surface area contributed by atoms with Crippen LogP contribution < -0.4 is 16.0 Å². The average molecular weight is 324 g/mol. The van der Waals surface area contributed by atoms with Gasteiger partial charge in [-0.05, 0) is 42.5 Å². The first-order valence-electron chi connectivity index (χ1n) is 8.47. The lowest BCUT2D eigenvalue weighted by Gasteiger charge is -2.33. The second-order valence-corrected chi connectivity index (χ2v) is 6.32. The van der Waals surface area contributed by atoms with E-state index in [1.54, 1.807) is 0 Å². The molecule has 0 bridgehead atoms. The van der Waals surface area contributed by atoms with Crippen molar-refractivity contribution in [3.63, 3.8) is 0 Å². The van der Waals surface area contributed by atoms with Crippen molar-refractivity contribution in [2.75, 3.05) is 30.3 Å². The lowest BCUT2D eigenvalue weighted by atomic mass is 9.96. The van der Waals surface area contributed by atoms with E-state index in [1.807, 2.05) is 48.8 Å². The van der Waals surface area contributed by atoms with Gasteiger partial charge in [-0.3, -0.25) is 9.78 Å². The minimum Gasteiger partial charge on any atom is -0.398 e. The third kappa shape index (κ3) is 4.25. The Labute approximate surface area is 142 Å². The molecule has 126 valence electrons. The van der Waals surface area contributed by atoms with Crippen molar-refractivity contribution in [1.29, 1.82) is 0 Å². The van der Waals surface area contributed by atoms with E-state index in [4.69, 9.17) is 5.73 Å². The second kappa shape index (κ2) is 7.81. The number of nitrogens with one attached hydrogen (secondary N) is 1. The molecule has 5 nitrogen and oxygen atoms in total. The van der Waals surface area contributed by atoms with E-state index in [9.17, 15) is 4.79 Å². The first-order valence-corrected chi connectivity index (χ1v) is 8.47. The van der Waals surface area contributed by atoms with E-state index in [-0.39, 0.29) is 5.91 Å². The standard InChI is InChI=1S/C19H24N4O/c20-18-4-2-1-3-16(18)13-19(24)22-14-15-7-11-23(12-8-15)17-5-9-21-10-6-17/h1-6,9-10,15H,7-8,11-14,20H2,(H,22,24). The highest BCUT2D eigenvalue weighted by Crippen LogP contribution is 2.22. The number of para-hydroxylation sites is 1. The van der Waals surface area contributed by atoms with E-state index in [0.29, 0.717) is 18.0 Å². The number of amides is 1. The van der Waals surface area contributed by atoms with Gasteiger partial charge in [0.2, 0.25) is 5.91 Å². The summed E-state index contributed by atoms with van der Waals surface area (Å²) in [6, 6.07) is 11.6. The van der Waals surface area contributed by atoms with Crippen molar-refractivity contribution in [2.45, 2.75) is 19.3 Å². The number of pyridine rings is 1. The highest BCUT2D eigenvalue weighted by atomic mass is 16.1. The minimum absolute atomic E-state index is 0.0458. The normalized spacial score (nSPS) is 15.2. The number of nitrogens with zero attached hydrogens (tertiary/aromatic N) is 2. The van der Waals surface area contributed by atoms with Gasteiger partial charge in [0, 0.05) is 43.4 Å². The summed E-state index contributed by atoms with van der Waals surface area (Å²) in [6.07, 6.45) is 6.20. The number of hydrogen-bond donors (Lipinski definition) is 2. The summed E-state index contributed by atoms with van der Waals surface area (Å²) in [5.41, 5.74) is 8.69. The number of hydrogen-bond acceptors (Lipinski definition) is 4. The maximum absolute atomic E-state index is 12.1. The van der Waals surface area contributed by atoms with Gasteiger partial charge in [0.15, 0.2) is 0 Å². The maximum Gasteiger partial charge on any atom is 0.224 e. The first kappa shape index (κ1) is 16.3. The van der Waals surface area contributed by atoms with Crippen LogP contribution in [0.3, 0.4) is 0 Å². The second-order valence-electron chi connectivity index (χ2n) is 6.32. The average Bonchev–Trinajstić information content (AvgIpc) is 2.63. The fraction of sp³-hybridized carbons (Fsp3) is 0.368. The molecule has 1 aromatic carbocycles. The molecule has 1 aromatic heterocycles. The molecule has 1 fully saturated rings. The van der Waals surface area contributed by atoms with Gasteiger partial charge in [0.25, 0.3) is 0 Å². The molecule has 3 rings (SSSR count). The van der Waals surface area contributed by atoms with E-state index in [0.717, 1.165) is 38.0 Å². The molecule has 2 heterocycles. The molecule has 5 heteroatoms. The molecule has 0 radical (unpaired) electrons. The summed E-state index contributed by atoms with van der Waals surface area (Å²) in [4.78, 5) is 18.6. The fourth-order valence-electron chi connectivity index (χ4n) is 3.14. The van der Waals surface area contributed by atoms with Gasteiger partial charge >= 0.3 is 0 Å². The van der Waals surface area contributed by atoms with Crippen molar-refractivity contribution >= 4 is 17.3 Å². The molecule has 1 aliphatic heterocycles. The number of rotatable bonds is 5. The van der Waals surface area contributed by atoms with Crippen LogP contribution in [-0.2, 0) is 11.2 Å². The number of carbonyl (C=O) groups excluding carboxylic acids is 1. The van der Waals surface area contributed by atoms with Crippen LogP contribution >= 0.6 is 0 Å². The largest absolute Gasteiger partial charge is 0.398 e. The van der Waals surface area contributed by atoms with Crippen LogP contribution in [0.2, 0.25) is 0 Å². The zero-order chi connectivity index (χ0) is 16.8. The van der Waals surface area contributed by atoms with Gasteiger partial charge in [-0.15, -0.1) is 0 Å². The first-order chi connectivity index (χ1) is 11.7. The van der Waals surface area contributed by atoms with Crippen molar-refractivity contribution in [1.82, 2.24) is 10.3 Å². The monoisotopic (exact) mass is 324 g/mol. The van der Waals surface area contributed by atoms with Crippen molar-refractivity contribution in [3.05, 3.63) is 54.4 Å². The number of nitrogens with two attached hydrogens (primary N) is 1. The van der Waals surface area contributed by atoms with Gasteiger partial charge in [-0.1, -0.05) is 18.2 Å². The molecular weight excluding hydrogens is 300 g/mol. The summed E-state index contributed by atoms with van der Waals surface area (Å²) < 4.78 is 0. The van der Waals surface area contributed by atoms with Crippen LogP contribution in [0.25, 0.3) is 0 Å². The van der Waals surface area contributed by atoms with E-state index < -0.39 is 0 Å². The van der Waals surface area contributed by atoms with Gasteiger partial charge in [-0.25, -0.2) is 0 Å². The molecule has 0 aliphatic carbocycles. The zero-order valence-electron chi connectivity index (χ0n) is 13.8. The Morgan fingerprint density at radius 1 is 1.17 bits per heavy atom. The third-order valence-corrected chi connectivity index (χ3v) is 4.64. The van der Waals surface area contributed by atoms with Crippen molar-refractivity contribution < 1.29 is 4.79 Å². The van der Waals surface area contributed by atoms with Gasteiger partial charge in [0.1, 0.15) is 0 Å². The third-order valence-electron chi connectivity index (χ3n) is 4.64. The number of nitrogen functional groups attached to an aromatic ring is 1. The molecule has 3 N–H and O–H groups in total. The Hall–Kier alpha value is -2.56. The molecule has 24 heavy (non-hydrogen) atoms. The lowest BCUT2D eigenvalue weighted by Crippen LogP contribution is -2.39. The van der Waals surface area contributed by atoms with E-state index in [1.165, 1.54) is 5.69 Å². The molecule has 1 saturated heterocycles. The summed E-state index contributed by atoms with van der Waals surface area (Å²) >= 11 is 0. The Morgan fingerprint density at radius 3 is 2.58 bits per heavy atom. The van der Waals surface area contributed by atoms with Gasteiger partial charge in [0.05, 0.1) is 6.42 Å². The van der Waals surface area contributed by atoms with Gasteiger partial charge in [-0.2, -0.15) is 0 Å². The number of anilines is 2. The Kier molecular flexibility index (Phi) is 5.31. The van der Waals surface area contributed by atoms with Gasteiger partial charge < -0.3 is 16.0 Å². The molecule has 1 aliphatic rings. The lowest BCUT2D eigenvalue weighted by molar-refractivity contribution is -0.120. The maximum atomic E-state index is 12.1. The molecule has 1 amide bonds. The zero-order valence-corrected chi connectivity index (χ0v) is 13.8. The van der Waals surface area contributed by atoms with Crippen LogP contribution in [0.1, 0.15) is 18.4 Å². The summed E-state index contributed by atoms with van der Waals surface area (Å²) in [6.45, 7) is 2.79. The molecule has 0 saturated carbocycles. The number of piperidine rings is 1. The molecule has 0 atom stereocenters. The quantitative estimate of drug-likeness (QED) is 0.828. The minimum atomic E-state index is 0.0458. The highest BCUT2D eigenvalue weighted by molar-refractivity contribution is 5.80. The molecule has 0 unspecified atom stereocenters. The van der Waals surface area contributed by atoms with Crippen LogP contribution in [0.5, 0.6) is 0 Å². The molecule has 0 spiro atoms. The van der Waals surface area contributed by atoms with Crippen molar-refractivity contribution in [3.8, 4) is 0 Å². The number of aromatic nitrogens is 1. The van der Waals surface area contributed by atoms with Crippen molar-refractivity contribution in [2.24, 2.45) is 5.92 Å². The predicted molar refractivity (Wildman–Crippen MR) is 96.7 cm³/mol. The summed E-state index contributed by atoms with van der Waals surface area (Å²) in [5.74, 6) is 0.588. The van der Waals surface area contributed by atoms with Crippen LogP contribution in [0, 0.1) is 5.92 Å². The Bertz CT molecular complexity index is 666. The topological polar surface area (TPSA) is 71.2 Å². The Morgan fingerprint density at radius 2 is 1.88 bits per heavy atom. The van der Waals surface area contributed by atoms with Crippen LogP contribution in [-0.4, -0.2) is 30.5 Å². The molecular formula is C19H24N4O. The van der Waals surface area contributed by atoms with Crippen LogP contribution in [0.4, 0.5) is 11.4 Å². The fourth-order valence-corrected chi connectivity index (χ4v) is 3.14. The van der Waals surface area contributed by atoms with Crippen LogP contribution in [0.15, 0.2) is 48.8 Å². The van der Waals surface area contributed by atoms with E-state index in [2.05, 4.69) is 15.2 Å². The SMILES string of the molecule is Nc1ccccc1CC(=O)NCC1CCN(c2ccncc2)CC1. The number of carbonyl (C=O) groups is 1. The summed E-state index contributed by atoms with van der Waals surface area (Å²) in [7, 11) is 0. The highest BCUT2D eigenvalue weighted by Gasteiger charge is 2.20. The number of benzene rings is 1. The van der Waals surface area contributed by atoms with E-state index >= 15 is 0 Å². The summed E-state index contributed by atoms with van der Waals surface area (Å²) in [5, 5.41) is 3.06.